The van der Waals surface area contributed by atoms with E-state index in [9.17, 15) is 9.59 Å². The monoisotopic (exact) mass is 374 g/mol. The summed E-state index contributed by atoms with van der Waals surface area (Å²) >= 11 is 0. The quantitative estimate of drug-likeness (QED) is 0.513. The Bertz CT molecular complexity index is 1230. The van der Waals surface area contributed by atoms with Crippen LogP contribution in [0.1, 0.15) is 27.3 Å². The van der Waals surface area contributed by atoms with Crippen molar-refractivity contribution >= 4 is 11.6 Å². The van der Waals surface area contributed by atoms with Crippen LogP contribution in [0.25, 0.3) is 11.3 Å². The van der Waals surface area contributed by atoms with Crippen LogP contribution in [0.15, 0.2) is 65.7 Å². The lowest BCUT2D eigenvalue weighted by Crippen LogP contribution is -2.17. The lowest BCUT2D eigenvalue weighted by atomic mass is 10.2. The number of aromatic nitrogens is 4. The normalized spacial score (nSPS) is 10.9. The zero-order chi connectivity index (χ0) is 19.7. The number of carbonyl (C=O) groups excluding carboxylic acids is 1. The van der Waals surface area contributed by atoms with Crippen molar-refractivity contribution in [2.75, 3.05) is 0 Å². The van der Waals surface area contributed by atoms with Gasteiger partial charge in [0.25, 0.3) is 5.56 Å². The van der Waals surface area contributed by atoms with E-state index in [0.717, 1.165) is 11.3 Å². The molecule has 0 atom stereocenters. The average molecular weight is 374 g/mol. The highest BCUT2D eigenvalue weighted by atomic mass is 16.5. The molecule has 3 heterocycles. The Morgan fingerprint density at radius 2 is 1.89 bits per heavy atom. The number of rotatable bonds is 4. The number of aryl methyl sites for hydroxylation is 1. The molecule has 1 aromatic carbocycles. The molecule has 0 bridgehead atoms. The van der Waals surface area contributed by atoms with Crippen LogP contribution in [-0.2, 0) is 11.3 Å². The van der Waals surface area contributed by atoms with Gasteiger partial charge in [0.1, 0.15) is 17.8 Å². The molecule has 0 fully saturated rings. The average Bonchev–Trinajstić information content (AvgIpc) is 3.09. The fraction of sp³-hybridized carbons (Fsp3) is 0.143. The Morgan fingerprint density at radius 1 is 1.11 bits per heavy atom. The molecule has 0 aliphatic heterocycles. The second kappa shape index (κ2) is 7.11. The van der Waals surface area contributed by atoms with Crippen LogP contribution in [0, 0.1) is 13.8 Å². The molecule has 3 aromatic heterocycles. The molecule has 4 aromatic rings. The van der Waals surface area contributed by atoms with E-state index in [0.29, 0.717) is 22.6 Å². The van der Waals surface area contributed by atoms with Gasteiger partial charge in [0.05, 0.1) is 23.3 Å². The molecule has 0 saturated heterocycles. The molecule has 28 heavy (non-hydrogen) atoms. The third kappa shape index (κ3) is 3.18. The minimum Gasteiger partial charge on any atom is -0.455 e. The predicted molar refractivity (Wildman–Crippen MR) is 104 cm³/mol. The van der Waals surface area contributed by atoms with Crippen molar-refractivity contribution in [1.29, 1.82) is 0 Å². The molecule has 0 spiro atoms. The maximum Gasteiger partial charge on any atom is 0.342 e. The van der Waals surface area contributed by atoms with Gasteiger partial charge in [-0.25, -0.2) is 14.5 Å². The molecule has 0 amide bonds. The Hall–Kier alpha value is -3.74. The number of fused-ring (bicyclic) bond motifs is 1. The second-order valence-electron chi connectivity index (χ2n) is 6.44. The van der Waals surface area contributed by atoms with E-state index in [1.165, 1.54) is 16.7 Å². The van der Waals surface area contributed by atoms with E-state index >= 15 is 0 Å². The highest BCUT2D eigenvalue weighted by Crippen LogP contribution is 2.15. The Kier molecular flexibility index (Phi) is 4.49. The summed E-state index contributed by atoms with van der Waals surface area (Å²) in [6.45, 7) is 3.59. The first-order valence-electron chi connectivity index (χ1n) is 8.79. The number of pyridine rings is 1. The molecule has 0 N–H and O–H groups in total. The van der Waals surface area contributed by atoms with E-state index in [2.05, 4.69) is 10.1 Å². The van der Waals surface area contributed by atoms with Crippen molar-refractivity contribution in [3.63, 3.8) is 0 Å². The number of carbonyl (C=O) groups is 1. The fourth-order valence-corrected chi connectivity index (χ4v) is 3.04. The highest BCUT2D eigenvalue weighted by Gasteiger charge is 2.17. The highest BCUT2D eigenvalue weighted by molar-refractivity contribution is 5.90. The van der Waals surface area contributed by atoms with Gasteiger partial charge in [0, 0.05) is 12.3 Å². The van der Waals surface area contributed by atoms with Crippen LogP contribution < -0.4 is 5.56 Å². The van der Waals surface area contributed by atoms with Crippen LogP contribution in [-0.4, -0.2) is 25.1 Å². The van der Waals surface area contributed by atoms with Gasteiger partial charge >= 0.3 is 5.97 Å². The maximum absolute atomic E-state index is 12.5. The topological polar surface area (TPSA) is 78.5 Å². The fourth-order valence-electron chi connectivity index (χ4n) is 3.04. The number of hydrogen-bond acceptors (Lipinski definition) is 5. The van der Waals surface area contributed by atoms with Crippen LogP contribution in [0.2, 0.25) is 0 Å². The van der Waals surface area contributed by atoms with Crippen molar-refractivity contribution in [1.82, 2.24) is 19.2 Å². The number of para-hydroxylation sites is 1. The number of nitrogens with zero attached hydrogens (tertiary/aromatic N) is 4. The van der Waals surface area contributed by atoms with Gasteiger partial charge in [-0.2, -0.15) is 5.10 Å². The van der Waals surface area contributed by atoms with Gasteiger partial charge < -0.3 is 4.74 Å². The zero-order valence-electron chi connectivity index (χ0n) is 15.5. The number of benzene rings is 1. The number of ether oxygens (including phenoxy) is 1. The summed E-state index contributed by atoms with van der Waals surface area (Å²) in [5, 5.41) is 4.28. The minimum atomic E-state index is -0.508. The van der Waals surface area contributed by atoms with E-state index in [1.54, 1.807) is 23.9 Å². The van der Waals surface area contributed by atoms with Crippen molar-refractivity contribution in [3.05, 3.63) is 93.8 Å². The SMILES string of the molecule is Cc1cccn2c(=O)cc(COC(=O)c3cnn(-c4ccccc4)c3C)nc12. The lowest BCUT2D eigenvalue weighted by Gasteiger charge is -2.08. The van der Waals surface area contributed by atoms with E-state index in [1.807, 2.05) is 43.3 Å². The van der Waals surface area contributed by atoms with E-state index < -0.39 is 5.97 Å². The molecule has 0 radical (unpaired) electrons. The van der Waals surface area contributed by atoms with Crippen molar-refractivity contribution in [2.24, 2.45) is 0 Å². The standard InChI is InChI=1S/C21H18N4O3/c1-14-7-6-10-24-19(26)11-16(23-20(14)24)13-28-21(27)18-12-22-25(15(18)2)17-8-4-3-5-9-17/h3-12H,13H2,1-2H3. The molecular weight excluding hydrogens is 356 g/mol. The largest absolute Gasteiger partial charge is 0.455 e. The summed E-state index contributed by atoms with van der Waals surface area (Å²) in [7, 11) is 0. The summed E-state index contributed by atoms with van der Waals surface area (Å²) in [6.07, 6.45) is 3.15. The predicted octanol–water partition coefficient (Wildman–Crippen LogP) is 2.85. The first kappa shape index (κ1) is 17.7. The van der Waals surface area contributed by atoms with Crippen LogP contribution in [0.5, 0.6) is 0 Å². The molecule has 7 nitrogen and oxygen atoms in total. The Balaban J connectivity index is 1.56. The van der Waals surface area contributed by atoms with E-state index in [4.69, 9.17) is 4.74 Å². The summed E-state index contributed by atoms with van der Waals surface area (Å²) in [5.41, 5.74) is 3.52. The third-order valence-electron chi connectivity index (χ3n) is 4.52. The number of esters is 1. The Labute approximate surface area is 160 Å². The third-order valence-corrected chi connectivity index (χ3v) is 4.52. The minimum absolute atomic E-state index is 0.0884. The second-order valence-corrected chi connectivity index (χ2v) is 6.44. The Morgan fingerprint density at radius 3 is 2.68 bits per heavy atom. The van der Waals surface area contributed by atoms with Gasteiger partial charge in [0.15, 0.2) is 0 Å². The van der Waals surface area contributed by atoms with Crippen molar-refractivity contribution in [2.45, 2.75) is 20.5 Å². The van der Waals surface area contributed by atoms with Gasteiger partial charge in [-0.15, -0.1) is 0 Å². The molecule has 4 rings (SSSR count). The zero-order valence-corrected chi connectivity index (χ0v) is 15.5. The lowest BCUT2D eigenvalue weighted by molar-refractivity contribution is 0.0467. The molecular formula is C21H18N4O3. The van der Waals surface area contributed by atoms with Gasteiger partial charge in [-0.3, -0.25) is 9.20 Å². The summed E-state index contributed by atoms with van der Waals surface area (Å²) < 4.78 is 8.53. The summed E-state index contributed by atoms with van der Waals surface area (Å²) in [6, 6.07) is 14.6. The smallest absolute Gasteiger partial charge is 0.342 e. The van der Waals surface area contributed by atoms with Crippen molar-refractivity contribution < 1.29 is 9.53 Å². The molecule has 140 valence electrons. The molecule has 0 aliphatic carbocycles. The van der Waals surface area contributed by atoms with E-state index in [-0.39, 0.29) is 12.2 Å². The molecule has 7 heteroatoms. The molecule has 0 aliphatic rings. The maximum atomic E-state index is 12.5. The van der Waals surface area contributed by atoms with Crippen molar-refractivity contribution in [3.8, 4) is 5.69 Å². The summed E-state index contributed by atoms with van der Waals surface area (Å²) in [5.74, 6) is -0.508. The van der Waals surface area contributed by atoms with Crippen LogP contribution in [0.4, 0.5) is 0 Å². The molecule has 0 unspecified atom stereocenters. The summed E-state index contributed by atoms with van der Waals surface area (Å²) in [4.78, 5) is 29.2. The number of hydrogen-bond donors (Lipinski definition) is 0. The first-order valence-corrected chi connectivity index (χ1v) is 8.79. The van der Waals surface area contributed by atoms with Gasteiger partial charge in [-0.1, -0.05) is 24.3 Å². The first-order chi connectivity index (χ1) is 13.5. The molecule has 0 saturated carbocycles. The van der Waals surface area contributed by atoms with Gasteiger partial charge in [0.2, 0.25) is 0 Å². The van der Waals surface area contributed by atoms with Crippen LogP contribution >= 0.6 is 0 Å². The van der Waals surface area contributed by atoms with Gasteiger partial charge in [-0.05, 0) is 37.6 Å². The van der Waals surface area contributed by atoms with Crippen LogP contribution in [0.3, 0.4) is 0 Å².